The highest BCUT2D eigenvalue weighted by Gasteiger charge is 2.15. The van der Waals surface area contributed by atoms with Gasteiger partial charge in [-0.05, 0) is 5.92 Å². The first-order valence-corrected chi connectivity index (χ1v) is 4.60. The standard InChI is InChI=1S/C5H10O3.C4H5NO2/c1-4(2)3-8-5(6)7;6-3-1-2-4(7)5-3/h4H,3H2,1-2H3,(H,6,7);1-2H2,(H,5,6,7). The van der Waals surface area contributed by atoms with Crippen LogP contribution in [0.25, 0.3) is 0 Å². The number of ether oxygens (including phenoxy) is 1. The van der Waals surface area contributed by atoms with Gasteiger partial charge < -0.3 is 9.84 Å². The zero-order chi connectivity index (χ0) is 11.8. The summed E-state index contributed by atoms with van der Waals surface area (Å²) in [6.45, 7) is 4.07. The van der Waals surface area contributed by atoms with E-state index < -0.39 is 6.16 Å². The van der Waals surface area contributed by atoms with E-state index in [1.54, 1.807) is 0 Å². The Labute approximate surface area is 87.6 Å². The van der Waals surface area contributed by atoms with Crippen LogP contribution in [0.2, 0.25) is 0 Å². The van der Waals surface area contributed by atoms with E-state index in [2.05, 4.69) is 10.1 Å². The van der Waals surface area contributed by atoms with Crippen LogP contribution >= 0.6 is 0 Å². The second kappa shape index (κ2) is 6.80. The third-order valence-electron chi connectivity index (χ3n) is 1.40. The Morgan fingerprint density at radius 1 is 1.40 bits per heavy atom. The molecule has 86 valence electrons. The van der Waals surface area contributed by atoms with Crippen LogP contribution in [0.15, 0.2) is 0 Å². The lowest BCUT2D eigenvalue weighted by molar-refractivity contribution is -0.124. The second-order valence-corrected chi connectivity index (χ2v) is 3.44. The molecule has 0 aromatic carbocycles. The van der Waals surface area contributed by atoms with Gasteiger partial charge in [0.2, 0.25) is 11.8 Å². The zero-order valence-corrected chi connectivity index (χ0v) is 8.78. The quantitative estimate of drug-likeness (QED) is 0.526. The SMILES string of the molecule is CC(C)COC(=O)O.O=C1CCC(=O)N1. The lowest BCUT2D eigenvalue weighted by Crippen LogP contribution is -2.18. The molecule has 0 radical (unpaired) electrons. The lowest BCUT2D eigenvalue weighted by atomic mass is 10.2. The van der Waals surface area contributed by atoms with Crippen molar-refractivity contribution in [2.24, 2.45) is 5.92 Å². The summed E-state index contributed by atoms with van der Waals surface area (Å²) >= 11 is 0. The van der Waals surface area contributed by atoms with Crippen molar-refractivity contribution in [1.82, 2.24) is 5.32 Å². The molecule has 1 fully saturated rings. The highest BCUT2D eigenvalue weighted by atomic mass is 16.7. The lowest BCUT2D eigenvalue weighted by Gasteiger charge is -2.00. The molecule has 6 heteroatoms. The summed E-state index contributed by atoms with van der Waals surface area (Å²) in [7, 11) is 0. The molecule has 0 atom stereocenters. The van der Waals surface area contributed by atoms with Gasteiger partial charge in [0, 0.05) is 12.8 Å². The molecule has 1 aliphatic rings. The molecule has 0 spiro atoms. The normalized spacial score (nSPS) is 14.3. The van der Waals surface area contributed by atoms with Gasteiger partial charge in [-0.15, -0.1) is 0 Å². The number of hydrogen-bond acceptors (Lipinski definition) is 4. The fourth-order valence-electron chi connectivity index (χ4n) is 0.746. The smallest absolute Gasteiger partial charge is 0.450 e. The van der Waals surface area contributed by atoms with Crippen LogP contribution in [0, 0.1) is 5.92 Å². The van der Waals surface area contributed by atoms with Gasteiger partial charge in [0.05, 0.1) is 6.61 Å². The van der Waals surface area contributed by atoms with Gasteiger partial charge in [-0.1, -0.05) is 13.8 Å². The van der Waals surface area contributed by atoms with Gasteiger partial charge in [-0.3, -0.25) is 14.9 Å². The van der Waals surface area contributed by atoms with E-state index in [1.165, 1.54) is 0 Å². The van der Waals surface area contributed by atoms with Crippen molar-refractivity contribution in [3.05, 3.63) is 0 Å². The Balaban J connectivity index is 0.000000262. The van der Waals surface area contributed by atoms with E-state index in [1.807, 2.05) is 13.8 Å². The van der Waals surface area contributed by atoms with Crippen LogP contribution < -0.4 is 5.32 Å². The van der Waals surface area contributed by atoms with Crippen LogP contribution in [0.4, 0.5) is 4.79 Å². The minimum Gasteiger partial charge on any atom is -0.450 e. The van der Waals surface area contributed by atoms with Crippen LogP contribution in [0.5, 0.6) is 0 Å². The molecule has 0 saturated carbocycles. The average molecular weight is 217 g/mol. The number of nitrogens with one attached hydrogen (secondary N) is 1. The zero-order valence-electron chi connectivity index (χ0n) is 8.78. The summed E-state index contributed by atoms with van der Waals surface area (Å²) in [5.41, 5.74) is 0. The summed E-state index contributed by atoms with van der Waals surface area (Å²) in [6.07, 6.45) is -0.448. The van der Waals surface area contributed by atoms with Gasteiger partial charge in [-0.2, -0.15) is 0 Å². The third kappa shape index (κ3) is 8.73. The third-order valence-corrected chi connectivity index (χ3v) is 1.40. The number of hydrogen-bond donors (Lipinski definition) is 2. The van der Waals surface area contributed by atoms with E-state index in [4.69, 9.17) is 5.11 Å². The van der Waals surface area contributed by atoms with E-state index in [9.17, 15) is 14.4 Å². The molecule has 1 heterocycles. The van der Waals surface area contributed by atoms with Crippen molar-refractivity contribution >= 4 is 18.0 Å². The summed E-state index contributed by atoms with van der Waals surface area (Å²) in [6, 6.07) is 0. The topological polar surface area (TPSA) is 92.7 Å². The fourth-order valence-corrected chi connectivity index (χ4v) is 0.746. The number of carbonyl (C=O) groups is 3. The van der Waals surface area contributed by atoms with E-state index in [-0.39, 0.29) is 24.3 Å². The van der Waals surface area contributed by atoms with Crippen molar-refractivity contribution in [3.8, 4) is 0 Å². The van der Waals surface area contributed by atoms with Gasteiger partial charge in [-0.25, -0.2) is 4.79 Å². The molecule has 0 aromatic heterocycles. The van der Waals surface area contributed by atoms with Crippen molar-refractivity contribution in [3.63, 3.8) is 0 Å². The molecule has 0 aromatic rings. The first-order chi connectivity index (χ1) is 6.91. The Bertz CT molecular complexity index is 235. The molecule has 0 bridgehead atoms. The summed E-state index contributed by atoms with van der Waals surface area (Å²) in [5.74, 6) is -0.0129. The fraction of sp³-hybridized carbons (Fsp3) is 0.667. The Morgan fingerprint density at radius 3 is 2.00 bits per heavy atom. The largest absolute Gasteiger partial charge is 0.505 e. The predicted octanol–water partition coefficient (Wildman–Crippen LogP) is 0.760. The highest BCUT2D eigenvalue weighted by molar-refractivity contribution is 6.01. The first kappa shape index (κ1) is 13.4. The minimum atomic E-state index is -1.20. The molecule has 0 unspecified atom stereocenters. The van der Waals surface area contributed by atoms with Crippen molar-refractivity contribution < 1.29 is 24.2 Å². The molecule has 2 N–H and O–H groups in total. The highest BCUT2D eigenvalue weighted by Crippen LogP contribution is 1.95. The van der Waals surface area contributed by atoms with Crippen LogP contribution in [0.1, 0.15) is 26.7 Å². The maximum Gasteiger partial charge on any atom is 0.505 e. The van der Waals surface area contributed by atoms with Crippen LogP contribution in [0.3, 0.4) is 0 Å². The van der Waals surface area contributed by atoms with Crippen molar-refractivity contribution in [2.75, 3.05) is 6.61 Å². The van der Waals surface area contributed by atoms with E-state index in [0.717, 1.165) is 0 Å². The Morgan fingerprint density at radius 2 is 1.87 bits per heavy atom. The van der Waals surface area contributed by atoms with Gasteiger partial charge in [0.15, 0.2) is 0 Å². The van der Waals surface area contributed by atoms with Gasteiger partial charge >= 0.3 is 6.16 Å². The van der Waals surface area contributed by atoms with E-state index >= 15 is 0 Å². The molecular formula is C9H15NO5. The molecule has 1 aliphatic heterocycles. The van der Waals surface area contributed by atoms with Crippen molar-refractivity contribution in [1.29, 1.82) is 0 Å². The van der Waals surface area contributed by atoms with Crippen molar-refractivity contribution in [2.45, 2.75) is 26.7 Å². The van der Waals surface area contributed by atoms with Crippen LogP contribution in [-0.2, 0) is 14.3 Å². The molecule has 0 aliphatic carbocycles. The molecule has 1 rings (SSSR count). The average Bonchev–Trinajstić information content (AvgIpc) is 2.47. The summed E-state index contributed by atoms with van der Waals surface area (Å²) in [4.78, 5) is 29.9. The number of carbonyl (C=O) groups excluding carboxylic acids is 2. The molecular weight excluding hydrogens is 202 g/mol. The Hall–Kier alpha value is -1.59. The van der Waals surface area contributed by atoms with Gasteiger partial charge in [0.25, 0.3) is 0 Å². The summed E-state index contributed by atoms with van der Waals surface area (Å²) in [5, 5.41) is 10.1. The van der Waals surface area contributed by atoms with E-state index in [0.29, 0.717) is 12.8 Å². The number of carboxylic acid groups (broad SMARTS) is 1. The number of amides is 2. The number of rotatable bonds is 2. The first-order valence-electron chi connectivity index (χ1n) is 4.60. The predicted molar refractivity (Wildman–Crippen MR) is 51.2 cm³/mol. The summed E-state index contributed by atoms with van der Waals surface area (Å²) < 4.78 is 4.22. The maximum atomic E-state index is 10.1. The number of imide groups is 1. The monoisotopic (exact) mass is 217 g/mol. The van der Waals surface area contributed by atoms with Crippen LogP contribution in [-0.4, -0.2) is 29.7 Å². The molecule has 1 saturated heterocycles. The van der Waals surface area contributed by atoms with Gasteiger partial charge in [0.1, 0.15) is 0 Å². The Kier molecular flexibility index (Phi) is 6.08. The molecule has 6 nitrogen and oxygen atoms in total. The minimum absolute atomic E-state index is 0.148. The molecule has 2 amide bonds. The molecule has 15 heavy (non-hydrogen) atoms. The second-order valence-electron chi connectivity index (χ2n) is 3.44. The maximum absolute atomic E-state index is 10.1.